The van der Waals surface area contributed by atoms with Crippen molar-refractivity contribution in [1.29, 1.82) is 0 Å². The molecule has 1 aliphatic rings. The van der Waals surface area contributed by atoms with Crippen molar-refractivity contribution in [2.45, 2.75) is 51.0 Å². The number of rotatable bonds is 7. The zero-order valence-electron chi connectivity index (χ0n) is 15.2. The van der Waals surface area contributed by atoms with Crippen molar-refractivity contribution in [3.05, 3.63) is 41.9 Å². The molecule has 1 aliphatic carbocycles. The van der Waals surface area contributed by atoms with Gasteiger partial charge >= 0.3 is 0 Å². The van der Waals surface area contributed by atoms with Gasteiger partial charge < -0.3 is 15.5 Å². The normalized spacial score (nSPS) is 16.3. The first-order valence-electron chi connectivity index (χ1n) is 9.46. The molecule has 0 spiro atoms. The Labute approximate surface area is 157 Å². The molecular weight excluding hydrogens is 352 g/mol. The monoisotopic (exact) mass is 377 g/mol. The Morgan fingerprint density at radius 3 is 2.78 bits per heavy atom. The molecule has 1 heterocycles. The molecule has 0 radical (unpaired) electrons. The van der Waals surface area contributed by atoms with Crippen LogP contribution < -0.4 is 11.1 Å². The lowest BCUT2D eigenvalue weighted by atomic mass is 9.84. The number of nitrogens with one attached hydrogen (secondary N) is 1. The van der Waals surface area contributed by atoms with Crippen LogP contribution in [0.5, 0.6) is 0 Å². The van der Waals surface area contributed by atoms with Crippen LogP contribution in [0, 0.1) is 17.6 Å². The van der Waals surface area contributed by atoms with E-state index in [4.69, 9.17) is 10.2 Å². The number of nitrogens with zero attached hydrogens (tertiary/aromatic N) is 1. The minimum absolute atomic E-state index is 0.00577. The van der Waals surface area contributed by atoms with Crippen molar-refractivity contribution in [3.8, 4) is 11.3 Å². The van der Waals surface area contributed by atoms with Gasteiger partial charge in [0.2, 0.25) is 5.91 Å². The number of aromatic nitrogens is 1. The highest BCUT2D eigenvalue weighted by Crippen LogP contribution is 2.27. The standard InChI is InChI=1S/C20H25F2N3O2/c21-14-6-7-15(16(22)10-14)18-12-24-20(27-18)9-8-19(26)25-17(11-23)13-4-2-1-3-5-13/h6-7,10,12-13,17H,1-5,8-9,11,23H2,(H,25,26). The van der Waals surface area contributed by atoms with E-state index in [1.165, 1.54) is 31.5 Å². The molecule has 1 unspecified atom stereocenters. The summed E-state index contributed by atoms with van der Waals surface area (Å²) in [5.41, 5.74) is 5.98. The molecule has 1 atom stereocenters. The molecule has 0 bridgehead atoms. The van der Waals surface area contributed by atoms with Crippen molar-refractivity contribution in [2.75, 3.05) is 6.54 Å². The zero-order valence-corrected chi connectivity index (χ0v) is 15.2. The van der Waals surface area contributed by atoms with Gasteiger partial charge in [-0.25, -0.2) is 13.8 Å². The van der Waals surface area contributed by atoms with E-state index in [1.54, 1.807) is 0 Å². The van der Waals surface area contributed by atoms with Crippen LogP contribution in [-0.4, -0.2) is 23.5 Å². The molecule has 2 aromatic rings. The topological polar surface area (TPSA) is 81.1 Å². The number of carbonyl (C=O) groups excluding carboxylic acids is 1. The second kappa shape index (κ2) is 9.08. The molecule has 1 aromatic carbocycles. The molecule has 1 amide bonds. The van der Waals surface area contributed by atoms with Gasteiger partial charge in [0.1, 0.15) is 11.6 Å². The lowest BCUT2D eigenvalue weighted by molar-refractivity contribution is -0.122. The summed E-state index contributed by atoms with van der Waals surface area (Å²) in [6.45, 7) is 0.434. The highest BCUT2D eigenvalue weighted by molar-refractivity contribution is 5.76. The minimum Gasteiger partial charge on any atom is -0.441 e. The second-order valence-electron chi connectivity index (χ2n) is 7.05. The first-order valence-corrected chi connectivity index (χ1v) is 9.46. The Hall–Kier alpha value is -2.28. The molecule has 146 valence electrons. The Bertz CT molecular complexity index is 772. The van der Waals surface area contributed by atoms with Gasteiger partial charge in [0, 0.05) is 31.5 Å². The number of amides is 1. The maximum Gasteiger partial charge on any atom is 0.220 e. The van der Waals surface area contributed by atoms with E-state index >= 15 is 0 Å². The molecule has 0 aliphatic heterocycles. The lowest BCUT2D eigenvalue weighted by Crippen LogP contribution is -2.46. The number of hydrogen-bond donors (Lipinski definition) is 2. The number of aryl methyl sites for hydroxylation is 1. The summed E-state index contributed by atoms with van der Waals surface area (Å²) in [6, 6.07) is 3.26. The maximum absolute atomic E-state index is 13.8. The van der Waals surface area contributed by atoms with Crippen molar-refractivity contribution in [2.24, 2.45) is 11.7 Å². The number of oxazole rings is 1. The van der Waals surface area contributed by atoms with Crippen LogP contribution in [0.3, 0.4) is 0 Å². The summed E-state index contributed by atoms with van der Waals surface area (Å²) in [5.74, 6) is -0.462. The second-order valence-corrected chi connectivity index (χ2v) is 7.05. The minimum atomic E-state index is -0.714. The van der Waals surface area contributed by atoms with E-state index in [-0.39, 0.29) is 29.7 Å². The first kappa shape index (κ1) is 19.5. The van der Waals surface area contributed by atoms with Crippen LogP contribution in [0.15, 0.2) is 28.8 Å². The number of hydrogen-bond acceptors (Lipinski definition) is 4. The van der Waals surface area contributed by atoms with Gasteiger partial charge in [-0.3, -0.25) is 4.79 Å². The summed E-state index contributed by atoms with van der Waals surface area (Å²) in [6.07, 6.45) is 7.75. The SMILES string of the molecule is NCC(NC(=O)CCc1ncc(-c2ccc(F)cc2F)o1)C1CCCCC1. The van der Waals surface area contributed by atoms with Crippen molar-refractivity contribution in [3.63, 3.8) is 0 Å². The Morgan fingerprint density at radius 2 is 2.07 bits per heavy atom. The summed E-state index contributed by atoms with van der Waals surface area (Å²) < 4.78 is 32.3. The molecule has 1 aromatic heterocycles. The Morgan fingerprint density at radius 1 is 1.30 bits per heavy atom. The van der Waals surface area contributed by atoms with Crippen molar-refractivity contribution in [1.82, 2.24) is 10.3 Å². The predicted octanol–water partition coefficient (Wildman–Crippen LogP) is 3.58. The summed E-state index contributed by atoms with van der Waals surface area (Å²) in [7, 11) is 0. The third-order valence-electron chi connectivity index (χ3n) is 5.14. The Kier molecular flexibility index (Phi) is 6.55. The average molecular weight is 377 g/mol. The fraction of sp³-hybridized carbons (Fsp3) is 0.500. The van der Waals surface area contributed by atoms with E-state index in [0.717, 1.165) is 25.0 Å². The molecule has 27 heavy (non-hydrogen) atoms. The quantitative estimate of drug-likeness (QED) is 0.773. The highest BCUT2D eigenvalue weighted by atomic mass is 19.1. The number of halogens is 2. The molecule has 5 nitrogen and oxygen atoms in total. The van der Waals surface area contributed by atoms with Gasteiger partial charge in [-0.1, -0.05) is 19.3 Å². The van der Waals surface area contributed by atoms with Crippen LogP contribution in [-0.2, 0) is 11.2 Å². The van der Waals surface area contributed by atoms with Crippen LogP contribution in [0.2, 0.25) is 0 Å². The first-order chi connectivity index (χ1) is 13.1. The summed E-state index contributed by atoms with van der Waals surface area (Å²) in [5, 5.41) is 3.03. The van der Waals surface area contributed by atoms with E-state index in [1.807, 2.05) is 0 Å². The third kappa shape index (κ3) is 5.13. The van der Waals surface area contributed by atoms with Crippen LogP contribution in [0.1, 0.15) is 44.4 Å². The van der Waals surface area contributed by atoms with E-state index in [0.29, 0.717) is 24.8 Å². The zero-order chi connectivity index (χ0) is 19.2. The Balaban J connectivity index is 1.54. The largest absolute Gasteiger partial charge is 0.441 e. The van der Waals surface area contributed by atoms with Crippen LogP contribution >= 0.6 is 0 Å². The van der Waals surface area contributed by atoms with Crippen molar-refractivity contribution >= 4 is 5.91 Å². The number of carbonyl (C=O) groups is 1. The molecule has 3 N–H and O–H groups in total. The average Bonchev–Trinajstić information content (AvgIpc) is 3.14. The number of nitrogens with two attached hydrogens (primary N) is 1. The van der Waals surface area contributed by atoms with E-state index in [2.05, 4.69) is 10.3 Å². The number of benzene rings is 1. The van der Waals surface area contributed by atoms with Crippen LogP contribution in [0.25, 0.3) is 11.3 Å². The molecule has 0 saturated heterocycles. The van der Waals surface area contributed by atoms with Gasteiger partial charge in [-0.05, 0) is 30.9 Å². The smallest absolute Gasteiger partial charge is 0.220 e. The highest BCUT2D eigenvalue weighted by Gasteiger charge is 2.24. The van der Waals surface area contributed by atoms with E-state index < -0.39 is 11.6 Å². The van der Waals surface area contributed by atoms with E-state index in [9.17, 15) is 13.6 Å². The molecule has 7 heteroatoms. The third-order valence-corrected chi connectivity index (χ3v) is 5.14. The molecular formula is C20H25F2N3O2. The summed E-state index contributed by atoms with van der Waals surface area (Å²) in [4.78, 5) is 16.3. The van der Waals surface area contributed by atoms with Gasteiger partial charge in [-0.2, -0.15) is 0 Å². The van der Waals surface area contributed by atoms with Gasteiger partial charge in [0.05, 0.1) is 11.8 Å². The molecule has 3 rings (SSSR count). The van der Waals surface area contributed by atoms with Gasteiger partial charge in [0.15, 0.2) is 11.7 Å². The van der Waals surface area contributed by atoms with Crippen LogP contribution in [0.4, 0.5) is 8.78 Å². The predicted molar refractivity (Wildman–Crippen MR) is 97.7 cm³/mol. The van der Waals surface area contributed by atoms with Gasteiger partial charge in [-0.15, -0.1) is 0 Å². The fourth-order valence-electron chi connectivity index (χ4n) is 3.64. The molecule has 1 fully saturated rings. The van der Waals surface area contributed by atoms with Crippen molar-refractivity contribution < 1.29 is 18.0 Å². The summed E-state index contributed by atoms with van der Waals surface area (Å²) >= 11 is 0. The maximum atomic E-state index is 13.8. The van der Waals surface area contributed by atoms with Gasteiger partial charge in [0.25, 0.3) is 0 Å². The molecule has 1 saturated carbocycles. The fourth-order valence-corrected chi connectivity index (χ4v) is 3.64. The lowest BCUT2D eigenvalue weighted by Gasteiger charge is -2.30.